The number of fused-ring (bicyclic) bond motifs is 1. The molecule has 0 spiro atoms. The highest BCUT2D eigenvalue weighted by Crippen LogP contribution is 2.32. The third kappa shape index (κ3) is 5.20. The molecule has 2 aromatic heterocycles. The van der Waals surface area contributed by atoms with E-state index in [1.807, 2.05) is 9.80 Å². The maximum absolute atomic E-state index is 14.2. The number of alkyl halides is 2. The maximum atomic E-state index is 14.2. The van der Waals surface area contributed by atoms with Gasteiger partial charge >= 0.3 is 0 Å². The van der Waals surface area contributed by atoms with Crippen LogP contribution in [-0.2, 0) is 14.8 Å². The average Bonchev–Trinajstić information content (AvgIpc) is 3.34. The summed E-state index contributed by atoms with van der Waals surface area (Å²) in [5.74, 6) is 0.446. The zero-order valence-corrected chi connectivity index (χ0v) is 21.8. The van der Waals surface area contributed by atoms with Crippen LogP contribution in [0.2, 0.25) is 0 Å². The molecule has 0 aliphatic carbocycles. The molecular weight excluding hydrogens is 522 g/mol. The predicted octanol–water partition coefficient (Wildman–Crippen LogP) is 2.03. The van der Waals surface area contributed by atoms with Crippen molar-refractivity contribution >= 4 is 33.0 Å². The first-order valence-corrected chi connectivity index (χ1v) is 13.8. The monoisotopic (exact) mass is 550 g/mol. The molecule has 0 saturated carbocycles. The number of morpholine rings is 1. The van der Waals surface area contributed by atoms with Crippen molar-refractivity contribution < 1.29 is 26.7 Å². The molecule has 0 amide bonds. The number of aromatic nitrogens is 5. The highest BCUT2D eigenvalue weighted by Gasteiger charge is 2.27. The Morgan fingerprint density at radius 2 is 1.76 bits per heavy atom. The van der Waals surface area contributed by atoms with Gasteiger partial charge in [0.15, 0.2) is 5.82 Å². The van der Waals surface area contributed by atoms with Gasteiger partial charge < -0.3 is 19.3 Å². The van der Waals surface area contributed by atoms with Crippen LogP contribution in [-0.4, -0.2) is 85.2 Å². The van der Waals surface area contributed by atoms with E-state index in [0.29, 0.717) is 68.7 Å². The number of rotatable bonds is 8. The fraction of sp³-hybridized carbons (Fsp3) is 0.478. The third-order valence-electron chi connectivity index (χ3n) is 6.34. The van der Waals surface area contributed by atoms with Crippen molar-refractivity contribution in [3.8, 4) is 11.7 Å². The molecule has 5 rings (SSSR count). The summed E-state index contributed by atoms with van der Waals surface area (Å²) in [7, 11) is -1.94. The van der Waals surface area contributed by atoms with Gasteiger partial charge in [-0.15, -0.1) is 0 Å². The van der Waals surface area contributed by atoms with Crippen molar-refractivity contribution in [3.63, 3.8) is 0 Å². The molecular formula is C23H28F2N8O4S. The van der Waals surface area contributed by atoms with Crippen LogP contribution in [0.1, 0.15) is 25.6 Å². The minimum absolute atomic E-state index is 0.00371. The first-order chi connectivity index (χ1) is 18.3. The number of imidazole rings is 1. The Morgan fingerprint density at radius 3 is 2.39 bits per heavy atom. The summed E-state index contributed by atoms with van der Waals surface area (Å²) in [6.45, 7) is 4.35. The molecule has 38 heavy (non-hydrogen) atoms. The largest absolute Gasteiger partial charge is 0.494 e. The van der Waals surface area contributed by atoms with Crippen LogP contribution in [0.4, 0.5) is 20.7 Å². The van der Waals surface area contributed by atoms with E-state index in [0.717, 1.165) is 0 Å². The third-order valence-corrected chi connectivity index (χ3v) is 7.67. The second-order valence-corrected chi connectivity index (χ2v) is 10.7. The van der Waals surface area contributed by atoms with Gasteiger partial charge in [-0.3, -0.25) is 9.29 Å². The molecule has 0 unspecified atom stereocenters. The number of hydrogen-bond donors (Lipinski definition) is 1. The predicted molar refractivity (Wildman–Crippen MR) is 137 cm³/mol. The van der Waals surface area contributed by atoms with Gasteiger partial charge in [-0.1, -0.05) is 6.07 Å². The van der Waals surface area contributed by atoms with Crippen LogP contribution < -0.4 is 19.3 Å². The summed E-state index contributed by atoms with van der Waals surface area (Å²) < 4.78 is 67.0. The normalized spacial score (nSPS) is 16.7. The first-order valence-electron chi connectivity index (χ1n) is 12.2. The van der Waals surface area contributed by atoms with E-state index in [1.54, 1.807) is 31.2 Å². The zero-order chi connectivity index (χ0) is 26.9. The first kappa shape index (κ1) is 26.0. The van der Waals surface area contributed by atoms with Crippen LogP contribution in [0.3, 0.4) is 0 Å². The number of sulfonamides is 1. The number of hydrogen-bond acceptors (Lipinski definition) is 10. The van der Waals surface area contributed by atoms with E-state index in [9.17, 15) is 17.2 Å². The SMILES string of the molecule is CCS(=O)(=O)NC1=CCN(c2nc(N3CCOCC3)nc(-n3c(C(F)F)nc4c(OC)cccc43)n2)CC1. The maximum Gasteiger partial charge on any atom is 0.296 e. The van der Waals surface area contributed by atoms with E-state index < -0.39 is 22.3 Å². The molecule has 2 aliphatic heterocycles. The van der Waals surface area contributed by atoms with Gasteiger partial charge in [-0.2, -0.15) is 15.0 Å². The highest BCUT2D eigenvalue weighted by molar-refractivity contribution is 7.89. The topological polar surface area (TPSA) is 128 Å². The van der Waals surface area contributed by atoms with Crippen molar-refractivity contribution in [3.05, 3.63) is 35.8 Å². The fourth-order valence-electron chi connectivity index (χ4n) is 4.32. The minimum atomic E-state index is -3.39. The number of halogens is 2. The Morgan fingerprint density at radius 1 is 1.05 bits per heavy atom. The number of methoxy groups -OCH3 is 1. The Kier molecular flexibility index (Phi) is 7.29. The number of nitrogens with one attached hydrogen (secondary N) is 1. The quantitative estimate of drug-likeness (QED) is 0.445. The summed E-state index contributed by atoms with van der Waals surface area (Å²) in [5, 5.41) is 0. The van der Waals surface area contributed by atoms with Gasteiger partial charge in [-0.25, -0.2) is 22.2 Å². The smallest absolute Gasteiger partial charge is 0.296 e. The number of para-hydroxylation sites is 1. The van der Waals surface area contributed by atoms with Gasteiger partial charge in [0.2, 0.25) is 27.9 Å². The molecule has 3 aromatic rings. The molecule has 0 atom stereocenters. The van der Waals surface area contributed by atoms with E-state index in [2.05, 4.69) is 24.7 Å². The molecule has 15 heteroatoms. The molecule has 204 valence electrons. The number of ether oxygens (including phenoxy) is 2. The summed E-state index contributed by atoms with van der Waals surface area (Å²) >= 11 is 0. The van der Waals surface area contributed by atoms with E-state index in [1.165, 1.54) is 11.7 Å². The molecule has 1 fully saturated rings. The summed E-state index contributed by atoms with van der Waals surface area (Å²) in [5.41, 5.74) is 1.24. The van der Waals surface area contributed by atoms with Gasteiger partial charge in [0.1, 0.15) is 11.3 Å². The van der Waals surface area contributed by atoms with Crippen LogP contribution in [0.15, 0.2) is 30.0 Å². The Hall–Kier alpha value is -3.59. The molecule has 0 bridgehead atoms. The zero-order valence-electron chi connectivity index (χ0n) is 21.0. The van der Waals surface area contributed by atoms with Crippen LogP contribution >= 0.6 is 0 Å². The minimum Gasteiger partial charge on any atom is -0.494 e. The lowest BCUT2D eigenvalue weighted by molar-refractivity contribution is 0.122. The summed E-state index contributed by atoms with van der Waals surface area (Å²) in [6.07, 6.45) is -0.719. The molecule has 2 aliphatic rings. The standard InChI is InChI=1S/C23H28F2N8O4S/c1-3-38(34,35)30-15-7-9-31(10-8-15)21-27-22(32-11-13-37-14-12-32)29-23(28-21)33-16-5-4-6-17(36-2)18(16)26-20(33)19(24)25/h4-7,19,30H,3,8-14H2,1-2H3. The molecule has 1 aromatic carbocycles. The Labute approximate surface area is 218 Å². The molecule has 1 saturated heterocycles. The van der Waals surface area contributed by atoms with Gasteiger partial charge in [0.25, 0.3) is 6.43 Å². The van der Waals surface area contributed by atoms with E-state index >= 15 is 0 Å². The van der Waals surface area contributed by atoms with Crippen molar-refractivity contribution in [1.29, 1.82) is 0 Å². The highest BCUT2D eigenvalue weighted by atomic mass is 32.2. The van der Waals surface area contributed by atoms with Crippen molar-refractivity contribution in [1.82, 2.24) is 29.2 Å². The fourth-order valence-corrected chi connectivity index (χ4v) is 5.05. The number of benzene rings is 1. The Bertz CT molecular complexity index is 1460. The van der Waals surface area contributed by atoms with Crippen molar-refractivity contribution in [2.24, 2.45) is 0 Å². The van der Waals surface area contributed by atoms with E-state index in [-0.39, 0.29) is 23.2 Å². The number of anilines is 2. The lowest BCUT2D eigenvalue weighted by atomic mass is 10.2. The number of nitrogens with zero attached hydrogens (tertiary/aromatic N) is 7. The summed E-state index contributed by atoms with van der Waals surface area (Å²) in [6, 6.07) is 5.00. The van der Waals surface area contributed by atoms with Gasteiger partial charge in [0, 0.05) is 38.3 Å². The van der Waals surface area contributed by atoms with Crippen LogP contribution in [0, 0.1) is 0 Å². The van der Waals surface area contributed by atoms with Crippen molar-refractivity contribution in [2.45, 2.75) is 19.8 Å². The van der Waals surface area contributed by atoms with Gasteiger partial charge in [0.05, 0.1) is 31.6 Å². The Balaban J connectivity index is 1.59. The van der Waals surface area contributed by atoms with Crippen molar-refractivity contribution in [2.75, 3.05) is 62.1 Å². The molecule has 12 nitrogen and oxygen atoms in total. The molecule has 4 heterocycles. The second-order valence-electron chi connectivity index (χ2n) is 8.70. The van der Waals surface area contributed by atoms with Gasteiger partial charge in [-0.05, 0) is 25.1 Å². The second kappa shape index (κ2) is 10.6. The molecule has 0 radical (unpaired) electrons. The molecule has 1 N–H and O–H groups in total. The van der Waals surface area contributed by atoms with Crippen LogP contribution in [0.5, 0.6) is 5.75 Å². The lowest BCUT2D eigenvalue weighted by Gasteiger charge is -2.30. The van der Waals surface area contributed by atoms with Crippen LogP contribution in [0.25, 0.3) is 17.0 Å². The summed E-state index contributed by atoms with van der Waals surface area (Å²) in [4.78, 5) is 21.7. The van der Waals surface area contributed by atoms with E-state index in [4.69, 9.17) is 9.47 Å². The average molecular weight is 551 g/mol. The lowest BCUT2D eigenvalue weighted by Crippen LogP contribution is -2.39.